The van der Waals surface area contributed by atoms with Gasteiger partial charge in [0.15, 0.2) is 6.10 Å². The minimum atomic E-state index is -1.53. The van der Waals surface area contributed by atoms with Crippen LogP contribution in [0.3, 0.4) is 0 Å². The van der Waals surface area contributed by atoms with Crippen LogP contribution in [-0.2, 0) is 49.5 Å². The Labute approximate surface area is 398 Å². The van der Waals surface area contributed by atoms with Crippen LogP contribution in [0.4, 0.5) is 0 Å². The highest BCUT2D eigenvalue weighted by atomic mass is 16.5. The van der Waals surface area contributed by atoms with Crippen LogP contribution in [0.5, 0.6) is 0 Å². The number of hydrogen-bond acceptors (Lipinski definition) is 11. The van der Waals surface area contributed by atoms with E-state index in [1.54, 1.807) is 19.1 Å². The van der Waals surface area contributed by atoms with Gasteiger partial charge in [-0.15, -0.1) is 0 Å². The molecule has 8 amide bonds. The lowest BCUT2D eigenvalue weighted by molar-refractivity contribution is -0.145. The minimum Gasteiger partial charge on any atom is -0.381 e. The highest BCUT2D eigenvalue weighted by Gasteiger charge is 2.36. The molecule has 0 aliphatic rings. The molecule has 1 aromatic carbocycles. The Balaban J connectivity index is 3.06. The number of aliphatic hydroxyl groups is 1. The van der Waals surface area contributed by atoms with Crippen LogP contribution in [0.25, 0.3) is 0 Å². The van der Waals surface area contributed by atoms with E-state index < -0.39 is 102 Å². The lowest BCUT2D eigenvalue weighted by atomic mass is 10.0. The van der Waals surface area contributed by atoms with Crippen LogP contribution in [0.15, 0.2) is 24.3 Å². The third kappa shape index (κ3) is 22.5. The van der Waals surface area contributed by atoms with Gasteiger partial charge >= 0.3 is 0 Å². The summed E-state index contributed by atoms with van der Waals surface area (Å²) < 4.78 is 11.6. The molecule has 0 heterocycles. The first-order valence-electron chi connectivity index (χ1n) is 24.0. The number of hydrogen-bond donors (Lipinski definition) is 8. The Morgan fingerprint density at radius 1 is 0.642 bits per heavy atom. The number of amides is 8. The fourth-order valence-corrected chi connectivity index (χ4v) is 6.78. The fraction of sp³-hybridized carbons (Fsp3) is 0.708. The van der Waals surface area contributed by atoms with Crippen molar-refractivity contribution in [3.8, 4) is 0 Å². The van der Waals surface area contributed by atoms with E-state index in [1.807, 2.05) is 39.8 Å². The van der Waals surface area contributed by atoms with Crippen molar-refractivity contribution < 1.29 is 52.9 Å². The normalized spacial score (nSPS) is 14.8. The maximum atomic E-state index is 13.9. The van der Waals surface area contributed by atoms with E-state index in [1.165, 1.54) is 41.3 Å². The standard InChI is InChI=1S/C48H82N8O11/c1-12-15-18-19-20-35-21-23-36(24-22-35)44(61)55-38(29-66-25-16-13-2)46(63)52-32(7)42(59)50-28-39(57)56(11)40(34(9)67-26-17-14-3)47(64)53-33(8)43(60)54-37(27-30(4)5)45(62)51-31(6)41(58)48(65)49-10/h21-24,30-34,37-38,40-41,58H,12-20,25-29H2,1-11H3,(H,49,65)(H,50,59)(H,51,62)(H,52,63)(H,53,64)(H,54,60)(H,55,61)/t31?,32-,33+,34?,37+,38-,40+,41?/m1/s1. The molecule has 0 saturated carbocycles. The van der Waals surface area contributed by atoms with E-state index in [-0.39, 0.29) is 25.6 Å². The topological polar surface area (TPSA) is 263 Å². The third-order valence-electron chi connectivity index (χ3n) is 11.1. The molecule has 19 nitrogen and oxygen atoms in total. The van der Waals surface area contributed by atoms with Gasteiger partial charge in [-0.3, -0.25) is 38.4 Å². The summed E-state index contributed by atoms with van der Waals surface area (Å²) in [6.45, 7) is 15.6. The van der Waals surface area contributed by atoms with Gasteiger partial charge in [-0.2, -0.15) is 0 Å². The number of aryl methyl sites for hydroxylation is 1. The second kappa shape index (κ2) is 32.5. The summed E-state index contributed by atoms with van der Waals surface area (Å²) in [4.78, 5) is 107. The van der Waals surface area contributed by atoms with Gasteiger partial charge in [0.2, 0.25) is 35.4 Å². The predicted octanol–water partition coefficient (Wildman–Crippen LogP) is 2.02. The first-order valence-corrected chi connectivity index (χ1v) is 24.0. The molecular weight excluding hydrogens is 865 g/mol. The molecule has 0 bridgehead atoms. The van der Waals surface area contributed by atoms with Crippen molar-refractivity contribution in [2.24, 2.45) is 5.92 Å². The Bertz CT molecular complexity index is 1710. The number of nitrogens with one attached hydrogen (secondary N) is 7. The molecule has 19 heteroatoms. The number of ether oxygens (including phenoxy) is 2. The van der Waals surface area contributed by atoms with Crippen molar-refractivity contribution in [2.75, 3.05) is 40.5 Å². The molecular formula is C48H82N8O11. The van der Waals surface area contributed by atoms with E-state index in [9.17, 15) is 43.5 Å². The summed E-state index contributed by atoms with van der Waals surface area (Å²) in [6, 6.07) is 0.437. The number of carbonyl (C=O) groups is 8. The maximum absolute atomic E-state index is 13.9. The van der Waals surface area contributed by atoms with Crippen molar-refractivity contribution in [1.82, 2.24) is 42.1 Å². The number of rotatable bonds is 33. The van der Waals surface area contributed by atoms with Gasteiger partial charge in [0.25, 0.3) is 11.8 Å². The number of unbranched alkanes of at least 4 members (excludes halogenated alkanes) is 5. The molecule has 0 aromatic heterocycles. The van der Waals surface area contributed by atoms with Crippen molar-refractivity contribution in [2.45, 2.75) is 175 Å². The molecule has 1 rings (SSSR count). The van der Waals surface area contributed by atoms with Gasteiger partial charge in [0, 0.05) is 32.9 Å². The zero-order valence-corrected chi connectivity index (χ0v) is 41.9. The number of benzene rings is 1. The number of carbonyl (C=O) groups excluding carboxylic acids is 8. The van der Waals surface area contributed by atoms with Crippen molar-refractivity contribution in [1.29, 1.82) is 0 Å². The largest absolute Gasteiger partial charge is 0.381 e. The average molecular weight is 947 g/mol. The summed E-state index contributed by atoms with van der Waals surface area (Å²) in [5.41, 5.74) is 1.49. The highest BCUT2D eigenvalue weighted by Crippen LogP contribution is 2.13. The first-order chi connectivity index (χ1) is 31.7. The minimum absolute atomic E-state index is 0.0527. The summed E-state index contributed by atoms with van der Waals surface area (Å²) >= 11 is 0. The predicted molar refractivity (Wildman–Crippen MR) is 255 cm³/mol. The smallest absolute Gasteiger partial charge is 0.251 e. The summed E-state index contributed by atoms with van der Waals surface area (Å²) in [5, 5.41) is 28.2. The highest BCUT2D eigenvalue weighted by molar-refractivity contribution is 5.99. The van der Waals surface area contributed by atoms with Gasteiger partial charge in [-0.1, -0.05) is 78.9 Å². The quantitative estimate of drug-likeness (QED) is 0.0473. The molecule has 8 atom stereocenters. The van der Waals surface area contributed by atoms with Crippen LogP contribution in [-0.4, -0.2) is 146 Å². The maximum Gasteiger partial charge on any atom is 0.251 e. The van der Waals surface area contributed by atoms with Gasteiger partial charge in [0.1, 0.15) is 30.2 Å². The molecule has 0 aliphatic heterocycles. The van der Waals surface area contributed by atoms with Crippen LogP contribution in [0.1, 0.15) is 136 Å². The van der Waals surface area contributed by atoms with Gasteiger partial charge in [-0.25, -0.2) is 0 Å². The molecule has 380 valence electrons. The zero-order valence-electron chi connectivity index (χ0n) is 41.9. The summed E-state index contributed by atoms with van der Waals surface area (Å²) in [5.74, 6) is -5.37. The monoisotopic (exact) mass is 947 g/mol. The third-order valence-corrected chi connectivity index (χ3v) is 11.1. The fourth-order valence-electron chi connectivity index (χ4n) is 6.78. The van der Waals surface area contributed by atoms with E-state index in [4.69, 9.17) is 9.47 Å². The summed E-state index contributed by atoms with van der Waals surface area (Å²) in [7, 11) is 2.71. The molecule has 1 aromatic rings. The Kier molecular flexibility index (Phi) is 29.1. The summed E-state index contributed by atoms with van der Waals surface area (Å²) in [6.07, 6.45) is 6.32. The van der Waals surface area contributed by atoms with Crippen molar-refractivity contribution in [3.05, 3.63) is 35.4 Å². The van der Waals surface area contributed by atoms with Gasteiger partial charge in [0.05, 0.1) is 25.3 Å². The number of nitrogens with zero attached hydrogens (tertiary/aromatic N) is 1. The Morgan fingerprint density at radius 3 is 1.82 bits per heavy atom. The Morgan fingerprint density at radius 2 is 1.22 bits per heavy atom. The lowest BCUT2D eigenvalue weighted by Gasteiger charge is -2.33. The number of aliphatic hydroxyl groups excluding tert-OH is 1. The van der Waals surface area contributed by atoms with E-state index in [0.717, 1.165) is 55.4 Å². The zero-order chi connectivity index (χ0) is 50.6. The molecule has 0 saturated heterocycles. The Hall–Kier alpha value is -5.14. The lowest BCUT2D eigenvalue weighted by Crippen LogP contribution is -2.60. The molecule has 8 N–H and O–H groups in total. The second-order valence-corrected chi connectivity index (χ2v) is 17.6. The molecule has 0 spiro atoms. The van der Waals surface area contributed by atoms with Crippen LogP contribution >= 0.6 is 0 Å². The van der Waals surface area contributed by atoms with Gasteiger partial charge in [-0.05, 0) is 83.4 Å². The van der Waals surface area contributed by atoms with E-state index in [2.05, 4.69) is 44.1 Å². The van der Waals surface area contributed by atoms with Crippen LogP contribution in [0, 0.1) is 5.92 Å². The van der Waals surface area contributed by atoms with Crippen molar-refractivity contribution >= 4 is 47.3 Å². The van der Waals surface area contributed by atoms with E-state index in [0.29, 0.717) is 18.6 Å². The molecule has 0 aliphatic carbocycles. The van der Waals surface area contributed by atoms with Crippen molar-refractivity contribution in [3.63, 3.8) is 0 Å². The molecule has 0 fully saturated rings. The van der Waals surface area contributed by atoms with Crippen LogP contribution in [0.2, 0.25) is 0 Å². The second-order valence-electron chi connectivity index (χ2n) is 17.6. The molecule has 67 heavy (non-hydrogen) atoms. The molecule has 0 radical (unpaired) electrons. The first kappa shape index (κ1) is 59.9. The SMILES string of the molecule is CCCCCCc1ccc(C(=O)N[C@H](COCCCC)C(=O)N[C@H](C)C(=O)NCC(=O)N(C)[C@H](C(=O)N[C@@H](C)C(=O)N[C@@H](CC(C)C)C(=O)NC(C)C(O)C(=O)NC)C(C)OCCCC)cc1. The van der Waals surface area contributed by atoms with Gasteiger partial charge < -0.3 is 56.7 Å². The van der Waals surface area contributed by atoms with E-state index >= 15 is 0 Å². The number of likely N-dealkylation sites (N-methyl/N-ethyl adjacent to an activating group) is 2. The average Bonchev–Trinajstić information content (AvgIpc) is 3.29. The van der Waals surface area contributed by atoms with Crippen LogP contribution < -0.4 is 37.2 Å². The molecule has 3 unspecified atom stereocenters.